The summed E-state index contributed by atoms with van der Waals surface area (Å²) in [5, 5.41) is 4.07. The van der Waals surface area contributed by atoms with Gasteiger partial charge in [-0.25, -0.2) is 4.39 Å². The number of para-hydroxylation sites is 1. The number of rotatable bonds is 5. The van der Waals surface area contributed by atoms with Crippen LogP contribution in [0.15, 0.2) is 54.7 Å². The van der Waals surface area contributed by atoms with E-state index in [1.807, 2.05) is 12.1 Å². The van der Waals surface area contributed by atoms with Gasteiger partial charge in [0.25, 0.3) is 5.91 Å². The smallest absolute Gasteiger partial charge is 0.251 e. The van der Waals surface area contributed by atoms with Crippen LogP contribution in [0.1, 0.15) is 54.4 Å². The quantitative estimate of drug-likeness (QED) is 0.611. The summed E-state index contributed by atoms with van der Waals surface area (Å²) in [5.74, 6) is 1.26. The Balaban J connectivity index is 1.38. The molecule has 0 spiro atoms. The van der Waals surface area contributed by atoms with Crippen molar-refractivity contribution in [3.63, 3.8) is 0 Å². The number of aromatic nitrogens is 1. The predicted molar refractivity (Wildman–Crippen MR) is 116 cm³/mol. The molecule has 1 fully saturated rings. The Bertz CT molecular complexity index is 1030. The third kappa shape index (κ3) is 4.16. The molecule has 0 saturated heterocycles. The second kappa shape index (κ2) is 8.82. The Labute approximate surface area is 176 Å². The summed E-state index contributed by atoms with van der Waals surface area (Å²) in [6.45, 7) is 2.09. The zero-order chi connectivity index (χ0) is 21.1. The monoisotopic (exact) mass is 406 g/mol. The summed E-state index contributed by atoms with van der Waals surface area (Å²) in [7, 11) is 1.61. The van der Waals surface area contributed by atoms with Crippen LogP contribution in [0.3, 0.4) is 0 Å². The fraction of sp³-hybridized carbons (Fsp3) is 0.360. The number of methoxy groups -OCH3 is 1. The highest BCUT2D eigenvalue weighted by Gasteiger charge is 2.28. The van der Waals surface area contributed by atoms with E-state index in [0.29, 0.717) is 22.9 Å². The van der Waals surface area contributed by atoms with Crippen molar-refractivity contribution in [3.05, 3.63) is 71.7 Å². The summed E-state index contributed by atoms with van der Waals surface area (Å²) in [4.78, 5) is 16.8. The van der Waals surface area contributed by atoms with Gasteiger partial charge in [-0.2, -0.15) is 0 Å². The van der Waals surface area contributed by atoms with Gasteiger partial charge in [0.05, 0.1) is 7.11 Å². The van der Waals surface area contributed by atoms with E-state index in [4.69, 9.17) is 4.74 Å². The third-order valence-electron chi connectivity index (χ3n) is 6.39. The standard InChI is InChI=1S/C25H27FN2O2/c1-16(28-25(29)19-10-12-20(30-2)13-11-19)17-6-8-18(9-7-17)21-14-15-27-24-22(21)4-3-5-23(24)26/h3-5,10-18H,6-9H2,1-2H3,(H,28,29)/t16-,17?,18?/m1/s1. The lowest BCUT2D eigenvalue weighted by molar-refractivity contribution is 0.0918. The molecule has 0 aliphatic heterocycles. The number of pyridine rings is 1. The Morgan fingerprint density at radius 2 is 1.83 bits per heavy atom. The van der Waals surface area contributed by atoms with Crippen LogP contribution in [0.25, 0.3) is 10.9 Å². The molecule has 1 aliphatic rings. The molecule has 30 heavy (non-hydrogen) atoms. The first-order valence-electron chi connectivity index (χ1n) is 10.5. The van der Waals surface area contributed by atoms with Gasteiger partial charge >= 0.3 is 0 Å². The van der Waals surface area contributed by atoms with Crippen molar-refractivity contribution in [3.8, 4) is 5.75 Å². The third-order valence-corrected chi connectivity index (χ3v) is 6.39. The molecule has 0 unspecified atom stereocenters. The normalized spacial score (nSPS) is 20.0. The highest BCUT2D eigenvalue weighted by molar-refractivity contribution is 5.94. The fourth-order valence-electron chi connectivity index (χ4n) is 4.60. The van der Waals surface area contributed by atoms with Gasteiger partial charge in [0.15, 0.2) is 0 Å². The zero-order valence-electron chi connectivity index (χ0n) is 17.4. The van der Waals surface area contributed by atoms with Crippen LogP contribution >= 0.6 is 0 Å². The van der Waals surface area contributed by atoms with E-state index in [9.17, 15) is 9.18 Å². The molecule has 1 heterocycles. The maximum Gasteiger partial charge on any atom is 0.251 e. The number of nitrogens with one attached hydrogen (secondary N) is 1. The van der Waals surface area contributed by atoms with E-state index >= 15 is 0 Å². The van der Waals surface area contributed by atoms with E-state index in [1.165, 1.54) is 11.6 Å². The summed E-state index contributed by atoms with van der Waals surface area (Å²) < 4.78 is 19.2. The predicted octanol–water partition coefficient (Wildman–Crippen LogP) is 5.47. The minimum absolute atomic E-state index is 0.0529. The lowest BCUT2D eigenvalue weighted by Crippen LogP contribution is -2.39. The zero-order valence-corrected chi connectivity index (χ0v) is 17.4. The first-order valence-corrected chi connectivity index (χ1v) is 10.5. The van der Waals surface area contributed by atoms with Crippen molar-refractivity contribution in [2.75, 3.05) is 7.11 Å². The number of halogens is 1. The Morgan fingerprint density at radius 1 is 1.10 bits per heavy atom. The second-order valence-corrected chi connectivity index (χ2v) is 8.14. The Kier molecular flexibility index (Phi) is 5.98. The van der Waals surface area contributed by atoms with Crippen molar-refractivity contribution in [2.45, 2.75) is 44.6 Å². The first kappa shape index (κ1) is 20.3. The number of benzene rings is 2. The van der Waals surface area contributed by atoms with Crippen molar-refractivity contribution < 1.29 is 13.9 Å². The summed E-state index contributed by atoms with van der Waals surface area (Å²) in [6, 6.07) is 14.5. The van der Waals surface area contributed by atoms with Crippen LogP contribution in [0.2, 0.25) is 0 Å². The molecule has 1 aromatic heterocycles. The first-order chi connectivity index (χ1) is 14.6. The number of hydrogen-bond acceptors (Lipinski definition) is 3. The van der Waals surface area contributed by atoms with Crippen molar-refractivity contribution in [1.82, 2.24) is 10.3 Å². The van der Waals surface area contributed by atoms with E-state index < -0.39 is 0 Å². The van der Waals surface area contributed by atoms with E-state index in [-0.39, 0.29) is 17.8 Å². The van der Waals surface area contributed by atoms with Crippen LogP contribution in [-0.4, -0.2) is 24.0 Å². The highest BCUT2D eigenvalue weighted by Crippen LogP contribution is 2.39. The van der Waals surface area contributed by atoms with E-state index in [1.54, 1.807) is 43.6 Å². The van der Waals surface area contributed by atoms with E-state index in [2.05, 4.69) is 17.2 Å². The molecule has 3 aromatic rings. The number of ether oxygens (including phenoxy) is 1. The van der Waals surface area contributed by atoms with Crippen LogP contribution in [0, 0.1) is 11.7 Å². The SMILES string of the molecule is COc1ccc(C(=O)N[C@H](C)C2CCC(c3ccnc4c(F)cccc34)CC2)cc1. The number of fused-ring (bicyclic) bond motifs is 1. The van der Waals surface area contributed by atoms with Gasteiger partial charge in [0, 0.05) is 23.2 Å². The lowest BCUT2D eigenvalue weighted by atomic mass is 9.75. The minimum atomic E-state index is -0.266. The summed E-state index contributed by atoms with van der Waals surface area (Å²) in [6.07, 6.45) is 5.85. The summed E-state index contributed by atoms with van der Waals surface area (Å²) >= 11 is 0. The molecule has 1 saturated carbocycles. The topological polar surface area (TPSA) is 51.2 Å². The van der Waals surface area contributed by atoms with Gasteiger partial charge < -0.3 is 10.1 Å². The molecule has 1 aliphatic carbocycles. The van der Waals surface area contributed by atoms with Gasteiger partial charge in [-0.05, 0) is 86.4 Å². The fourth-order valence-corrected chi connectivity index (χ4v) is 4.60. The van der Waals surface area contributed by atoms with Crippen molar-refractivity contribution in [1.29, 1.82) is 0 Å². The van der Waals surface area contributed by atoms with Crippen molar-refractivity contribution >= 4 is 16.8 Å². The lowest BCUT2D eigenvalue weighted by Gasteiger charge is -2.33. The molecule has 0 bridgehead atoms. The van der Waals surface area contributed by atoms with Gasteiger partial charge in [-0.15, -0.1) is 0 Å². The summed E-state index contributed by atoms with van der Waals surface area (Å²) in [5.41, 5.74) is 2.28. The largest absolute Gasteiger partial charge is 0.497 e. The Morgan fingerprint density at radius 3 is 2.53 bits per heavy atom. The molecule has 1 amide bonds. The van der Waals surface area contributed by atoms with Crippen LogP contribution in [0.5, 0.6) is 5.75 Å². The number of carbonyl (C=O) groups excluding carboxylic acids is 1. The molecule has 1 N–H and O–H groups in total. The van der Waals surface area contributed by atoms with Gasteiger partial charge in [0.2, 0.25) is 0 Å². The maximum absolute atomic E-state index is 14.1. The van der Waals surface area contributed by atoms with Crippen LogP contribution < -0.4 is 10.1 Å². The molecule has 4 rings (SSSR count). The molecule has 0 radical (unpaired) electrons. The molecule has 5 heteroatoms. The number of nitrogens with zero attached hydrogens (tertiary/aromatic N) is 1. The highest BCUT2D eigenvalue weighted by atomic mass is 19.1. The number of amides is 1. The molecule has 4 nitrogen and oxygen atoms in total. The van der Waals surface area contributed by atoms with Crippen LogP contribution in [0.4, 0.5) is 4.39 Å². The molecule has 156 valence electrons. The molecular weight excluding hydrogens is 379 g/mol. The number of carbonyl (C=O) groups is 1. The van der Waals surface area contributed by atoms with Crippen LogP contribution in [-0.2, 0) is 0 Å². The number of hydrogen-bond donors (Lipinski definition) is 1. The second-order valence-electron chi connectivity index (χ2n) is 8.14. The van der Waals surface area contributed by atoms with Gasteiger partial charge in [-0.1, -0.05) is 12.1 Å². The van der Waals surface area contributed by atoms with E-state index in [0.717, 1.165) is 36.8 Å². The Hall–Kier alpha value is -2.95. The molecule has 1 atom stereocenters. The van der Waals surface area contributed by atoms with Crippen molar-refractivity contribution in [2.24, 2.45) is 5.92 Å². The molecular formula is C25H27FN2O2. The maximum atomic E-state index is 14.1. The minimum Gasteiger partial charge on any atom is -0.497 e. The van der Waals surface area contributed by atoms with Gasteiger partial charge in [0.1, 0.15) is 17.1 Å². The van der Waals surface area contributed by atoms with Gasteiger partial charge in [-0.3, -0.25) is 9.78 Å². The molecule has 2 aromatic carbocycles. The average molecular weight is 407 g/mol. The average Bonchev–Trinajstić information content (AvgIpc) is 2.79.